The van der Waals surface area contributed by atoms with E-state index in [0.717, 1.165) is 20.6 Å². The number of anilines is 1. The molecule has 0 unspecified atom stereocenters. The summed E-state index contributed by atoms with van der Waals surface area (Å²) in [5, 5.41) is 21.4. The molecule has 4 N–H and O–H groups in total. The summed E-state index contributed by atoms with van der Waals surface area (Å²) in [6, 6.07) is 26.7. The third kappa shape index (κ3) is 9.90. The Bertz CT molecular complexity index is 1860. The quantitative estimate of drug-likeness (QED) is 0.138. The summed E-state index contributed by atoms with van der Waals surface area (Å²) in [7, 11) is -2.49. The molecule has 4 aromatic carbocycles. The van der Waals surface area contributed by atoms with Crippen LogP contribution in [0, 0.1) is 11.8 Å². The number of nitrogens with zero attached hydrogens (tertiary/aromatic N) is 1. The highest BCUT2D eigenvalue weighted by Crippen LogP contribution is 2.26. The molecule has 0 saturated heterocycles. The predicted octanol–water partition coefficient (Wildman–Crippen LogP) is 5.02. The van der Waals surface area contributed by atoms with E-state index < -0.39 is 40.0 Å². The van der Waals surface area contributed by atoms with Gasteiger partial charge in [-0.2, -0.15) is 0 Å². The van der Waals surface area contributed by atoms with Gasteiger partial charge in [-0.05, 0) is 72.4 Å². The lowest BCUT2D eigenvalue weighted by Gasteiger charge is -2.28. The van der Waals surface area contributed by atoms with Crippen LogP contribution in [0.5, 0.6) is 0 Å². The highest BCUT2D eigenvalue weighted by atomic mass is 32.2. The lowest BCUT2D eigenvalue weighted by Crippen LogP contribution is -2.48. The Balaban J connectivity index is 1.39. The zero-order valence-electron chi connectivity index (χ0n) is 28.6. The van der Waals surface area contributed by atoms with Crippen molar-refractivity contribution in [3.8, 4) is 0 Å². The fraction of sp³-hybridized carbons (Fsp3) is 0.342. The average Bonchev–Trinajstić information content (AvgIpc) is 3.09. The van der Waals surface area contributed by atoms with Crippen LogP contribution >= 0.6 is 0 Å². The number of sulfonamides is 1. The number of hydrogen-bond acceptors (Lipinski definition) is 6. The van der Waals surface area contributed by atoms with Gasteiger partial charge in [0.25, 0.3) is 15.9 Å². The average molecular weight is 687 g/mol. The lowest BCUT2D eigenvalue weighted by molar-refractivity contribution is -0.131. The summed E-state index contributed by atoms with van der Waals surface area (Å²) in [5.74, 6) is -1.73. The molecular weight excluding hydrogens is 641 g/mol. The second kappa shape index (κ2) is 16.6. The number of aliphatic hydroxyl groups is 1. The minimum atomic E-state index is -3.93. The third-order valence-corrected chi connectivity index (χ3v) is 10.2. The van der Waals surface area contributed by atoms with E-state index in [1.54, 1.807) is 50.2 Å². The number of carbonyl (C=O) groups is 3. The summed E-state index contributed by atoms with van der Waals surface area (Å²) in [4.78, 5) is 39.1. The first kappa shape index (κ1) is 37.1. The number of aliphatic hydroxyl groups excluding tert-OH is 1. The zero-order valence-corrected chi connectivity index (χ0v) is 29.4. The van der Waals surface area contributed by atoms with Crippen LogP contribution in [0.2, 0.25) is 0 Å². The number of hydrogen-bond donors (Lipinski definition) is 4. The first-order valence-electron chi connectivity index (χ1n) is 16.4. The van der Waals surface area contributed by atoms with Crippen LogP contribution in [0.25, 0.3) is 10.8 Å². The van der Waals surface area contributed by atoms with Crippen LogP contribution in [0.1, 0.15) is 56.5 Å². The number of rotatable bonds is 15. The molecule has 0 aliphatic carbocycles. The van der Waals surface area contributed by atoms with Crippen molar-refractivity contribution in [1.29, 1.82) is 0 Å². The predicted molar refractivity (Wildman–Crippen MR) is 192 cm³/mol. The Morgan fingerprint density at radius 1 is 0.755 bits per heavy atom. The molecular formula is C38H46N4O6S. The Labute approximate surface area is 289 Å². The third-order valence-electron chi connectivity index (χ3n) is 8.46. The zero-order chi connectivity index (χ0) is 35.7. The molecule has 10 nitrogen and oxygen atoms in total. The van der Waals surface area contributed by atoms with E-state index in [1.807, 2.05) is 68.4 Å². The molecule has 0 spiro atoms. The summed E-state index contributed by atoms with van der Waals surface area (Å²) in [5.41, 5.74) is 1.46. The van der Waals surface area contributed by atoms with Gasteiger partial charge in [0.2, 0.25) is 11.8 Å². The topological polar surface area (TPSA) is 145 Å². The van der Waals surface area contributed by atoms with Crippen LogP contribution < -0.4 is 20.3 Å². The van der Waals surface area contributed by atoms with Gasteiger partial charge in [-0.15, -0.1) is 0 Å². The van der Waals surface area contributed by atoms with Crippen molar-refractivity contribution in [2.45, 2.75) is 70.2 Å². The monoisotopic (exact) mass is 686 g/mol. The molecule has 0 heterocycles. The van der Waals surface area contributed by atoms with E-state index in [1.165, 1.54) is 13.1 Å². The fourth-order valence-electron chi connectivity index (χ4n) is 5.53. The Hall–Kier alpha value is -4.74. The molecule has 4 rings (SSSR count). The van der Waals surface area contributed by atoms with Crippen molar-refractivity contribution in [2.24, 2.45) is 11.8 Å². The van der Waals surface area contributed by atoms with E-state index in [0.29, 0.717) is 18.7 Å². The van der Waals surface area contributed by atoms with Crippen molar-refractivity contribution in [3.63, 3.8) is 0 Å². The van der Waals surface area contributed by atoms with Crippen LogP contribution in [0.4, 0.5) is 5.69 Å². The van der Waals surface area contributed by atoms with Gasteiger partial charge in [0, 0.05) is 25.1 Å². The Morgan fingerprint density at radius 2 is 1.43 bits per heavy atom. The second-order valence-electron chi connectivity index (χ2n) is 12.9. The fourth-order valence-corrected chi connectivity index (χ4v) is 6.76. The molecule has 4 atom stereocenters. The summed E-state index contributed by atoms with van der Waals surface area (Å²) < 4.78 is 28.2. The molecule has 0 aliphatic heterocycles. The van der Waals surface area contributed by atoms with Crippen LogP contribution in [-0.4, -0.2) is 56.5 Å². The van der Waals surface area contributed by atoms with Gasteiger partial charge in [-0.3, -0.25) is 18.7 Å². The van der Waals surface area contributed by atoms with Crippen molar-refractivity contribution in [3.05, 3.63) is 108 Å². The summed E-state index contributed by atoms with van der Waals surface area (Å²) >= 11 is 0. The first-order chi connectivity index (χ1) is 23.3. The van der Waals surface area contributed by atoms with Crippen molar-refractivity contribution >= 4 is 44.2 Å². The maximum atomic E-state index is 13.5. The van der Waals surface area contributed by atoms with Crippen molar-refractivity contribution < 1.29 is 27.9 Å². The first-order valence-corrected chi connectivity index (χ1v) is 17.9. The maximum Gasteiger partial charge on any atom is 0.264 e. The normalized spacial score (nSPS) is 14.0. The van der Waals surface area contributed by atoms with E-state index >= 15 is 0 Å². The molecule has 49 heavy (non-hydrogen) atoms. The highest BCUT2D eigenvalue weighted by Gasteiger charge is 2.29. The van der Waals surface area contributed by atoms with Crippen LogP contribution in [0.15, 0.2) is 102 Å². The molecule has 4 aromatic rings. The molecule has 0 bridgehead atoms. The number of nitrogens with one attached hydrogen (secondary N) is 3. The van der Waals surface area contributed by atoms with E-state index in [4.69, 9.17) is 0 Å². The van der Waals surface area contributed by atoms with E-state index in [2.05, 4.69) is 16.0 Å². The number of benzene rings is 4. The smallest absolute Gasteiger partial charge is 0.264 e. The number of amides is 3. The second-order valence-corrected chi connectivity index (χ2v) is 14.8. The Morgan fingerprint density at radius 3 is 2.12 bits per heavy atom. The largest absolute Gasteiger partial charge is 0.391 e. The van der Waals surface area contributed by atoms with Gasteiger partial charge in [-0.25, -0.2) is 8.42 Å². The molecule has 3 amide bonds. The van der Waals surface area contributed by atoms with Gasteiger partial charge in [-0.1, -0.05) is 87.5 Å². The van der Waals surface area contributed by atoms with Crippen molar-refractivity contribution in [2.75, 3.05) is 11.4 Å². The highest BCUT2D eigenvalue weighted by molar-refractivity contribution is 7.92. The summed E-state index contributed by atoms with van der Waals surface area (Å²) in [6.45, 7) is 7.53. The SMILES string of the molecule is CC(C)C[C@H](NC(=O)c1cccc(N(C)S(=O)(=O)c2ccc3ccccc3c2)c1)[C@@H](O)C[C@@H](C)C(=O)N[C@@H](C)C(=O)NCc1ccccc1. The Kier molecular flexibility index (Phi) is 12.5. The molecule has 0 aromatic heterocycles. The lowest BCUT2D eigenvalue weighted by atomic mass is 9.92. The van der Waals surface area contributed by atoms with E-state index in [-0.39, 0.29) is 34.6 Å². The van der Waals surface area contributed by atoms with Gasteiger partial charge in [0.05, 0.1) is 22.7 Å². The molecule has 0 saturated carbocycles. The van der Waals surface area contributed by atoms with Crippen LogP contribution in [-0.2, 0) is 26.2 Å². The van der Waals surface area contributed by atoms with E-state index in [9.17, 15) is 27.9 Å². The minimum Gasteiger partial charge on any atom is -0.391 e. The van der Waals surface area contributed by atoms with Gasteiger partial charge >= 0.3 is 0 Å². The maximum absolute atomic E-state index is 13.5. The minimum absolute atomic E-state index is 0.0502. The molecule has 0 aliphatic rings. The molecule has 0 fully saturated rings. The summed E-state index contributed by atoms with van der Waals surface area (Å²) in [6.07, 6.45) is -0.571. The van der Waals surface area contributed by atoms with Gasteiger partial charge < -0.3 is 21.1 Å². The number of carbonyl (C=O) groups excluding carboxylic acids is 3. The van der Waals surface area contributed by atoms with Crippen LogP contribution in [0.3, 0.4) is 0 Å². The molecule has 11 heteroatoms. The van der Waals surface area contributed by atoms with Gasteiger partial charge in [0.1, 0.15) is 6.04 Å². The molecule has 0 radical (unpaired) electrons. The standard InChI is InChI=1S/C38H46N4O6S/c1-25(2)20-34(35(43)21-26(3)36(44)40-27(4)37(45)39-24-28-12-7-6-8-13-28)41-38(46)31-16-11-17-32(22-31)42(5)49(47,48)33-19-18-29-14-9-10-15-30(29)23-33/h6-19,22-23,25-27,34-35,43H,20-21,24H2,1-5H3,(H,39,45)(H,40,44)(H,41,46)/t26-,27+,34+,35+/m1/s1. The molecule has 260 valence electrons. The van der Waals surface area contributed by atoms with Gasteiger partial charge in [0.15, 0.2) is 0 Å². The van der Waals surface area contributed by atoms with Crippen molar-refractivity contribution in [1.82, 2.24) is 16.0 Å². The number of fused-ring (bicyclic) bond motifs is 1.